The van der Waals surface area contributed by atoms with E-state index in [1.165, 1.54) is 55.3 Å². The molecule has 0 saturated heterocycles. The van der Waals surface area contributed by atoms with Gasteiger partial charge in [-0.05, 0) is 113 Å². The molecular formula is C45H35NO. The topological polar surface area (TPSA) is 16.4 Å². The quantitative estimate of drug-likeness (QED) is 0.198. The normalized spacial score (nSPS) is 13.3. The van der Waals surface area contributed by atoms with Crippen LogP contribution in [0, 0.1) is 13.8 Å². The molecule has 0 fully saturated rings. The van der Waals surface area contributed by atoms with E-state index >= 15 is 0 Å². The molecule has 47 heavy (non-hydrogen) atoms. The Hall–Kier alpha value is -5.60. The SMILES string of the molecule is Cc1cc(C)cc(-c2cccc(N(c3ccc4ccccc4c3)c3ccc4oc5cc6c(cc5c4c3)-c3ccccc3C6(C)C)c2)c1. The van der Waals surface area contributed by atoms with E-state index in [1.54, 1.807) is 0 Å². The van der Waals surface area contributed by atoms with E-state index in [0.29, 0.717) is 0 Å². The summed E-state index contributed by atoms with van der Waals surface area (Å²) in [6.45, 7) is 8.97. The molecule has 2 nitrogen and oxygen atoms in total. The number of hydrogen-bond donors (Lipinski definition) is 0. The molecule has 0 amide bonds. The van der Waals surface area contributed by atoms with Gasteiger partial charge >= 0.3 is 0 Å². The monoisotopic (exact) mass is 605 g/mol. The number of rotatable bonds is 4. The molecule has 0 aliphatic heterocycles. The first-order valence-corrected chi connectivity index (χ1v) is 16.4. The Labute approximate surface area is 275 Å². The molecule has 1 aliphatic rings. The molecule has 0 spiro atoms. The van der Waals surface area contributed by atoms with Gasteiger partial charge in [-0.1, -0.05) is 110 Å². The highest BCUT2D eigenvalue weighted by Gasteiger charge is 2.36. The predicted molar refractivity (Wildman–Crippen MR) is 198 cm³/mol. The number of nitrogens with zero attached hydrogens (tertiary/aromatic N) is 1. The molecule has 8 aromatic rings. The van der Waals surface area contributed by atoms with Crippen LogP contribution in [0.5, 0.6) is 0 Å². The highest BCUT2D eigenvalue weighted by atomic mass is 16.3. The van der Waals surface area contributed by atoms with Crippen molar-refractivity contribution < 1.29 is 4.42 Å². The number of aryl methyl sites for hydroxylation is 2. The molecule has 0 atom stereocenters. The third-order valence-corrected chi connectivity index (χ3v) is 10.1. The first-order valence-electron chi connectivity index (χ1n) is 16.4. The largest absolute Gasteiger partial charge is 0.456 e. The summed E-state index contributed by atoms with van der Waals surface area (Å²) in [6, 6.07) is 51.1. The van der Waals surface area contributed by atoms with E-state index in [9.17, 15) is 0 Å². The summed E-state index contributed by atoms with van der Waals surface area (Å²) < 4.78 is 6.55. The highest BCUT2D eigenvalue weighted by molar-refractivity contribution is 6.09. The molecule has 1 aliphatic carbocycles. The second kappa shape index (κ2) is 10.2. The van der Waals surface area contributed by atoms with Gasteiger partial charge in [0.2, 0.25) is 0 Å². The summed E-state index contributed by atoms with van der Waals surface area (Å²) in [5.41, 5.74) is 15.4. The molecule has 1 aromatic heterocycles. The third kappa shape index (κ3) is 4.40. The maximum Gasteiger partial charge on any atom is 0.135 e. The van der Waals surface area contributed by atoms with E-state index < -0.39 is 0 Å². The van der Waals surface area contributed by atoms with Gasteiger partial charge in [0.1, 0.15) is 11.2 Å². The van der Waals surface area contributed by atoms with Crippen molar-refractivity contribution in [3.63, 3.8) is 0 Å². The van der Waals surface area contributed by atoms with Crippen molar-refractivity contribution in [2.45, 2.75) is 33.1 Å². The lowest BCUT2D eigenvalue weighted by atomic mass is 9.82. The summed E-state index contributed by atoms with van der Waals surface area (Å²) in [7, 11) is 0. The maximum absolute atomic E-state index is 6.55. The average Bonchev–Trinajstić information content (AvgIpc) is 3.55. The third-order valence-electron chi connectivity index (χ3n) is 10.1. The molecule has 226 valence electrons. The van der Waals surface area contributed by atoms with E-state index in [1.807, 2.05) is 0 Å². The Bertz CT molecular complexity index is 2510. The lowest BCUT2D eigenvalue weighted by molar-refractivity contribution is 0.647. The molecule has 1 heterocycles. The van der Waals surface area contributed by atoms with Crippen LogP contribution in [0.1, 0.15) is 36.1 Å². The van der Waals surface area contributed by atoms with E-state index in [0.717, 1.165) is 39.0 Å². The van der Waals surface area contributed by atoms with Crippen molar-refractivity contribution in [2.75, 3.05) is 4.90 Å². The van der Waals surface area contributed by atoms with Gasteiger partial charge in [0.25, 0.3) is 0 Å². The molecule has 0 unspecified atom stereocenters. The van der Waals surface area contributed by atoms with Crippen LogP contribution >= 0.6 is 0 Å². The van der Waals surface area contributed by atoms with Crippen molar-refractivity contribution in [3.05, 3.63) is 162 Å². The fraction of sp³-hybridized carbons (Fsp3) is 0.111. The summed E-state index contributed by atoms with van der Waals surface area (Å²) in [6.07, 6.45) is 0. The van der Waals surface area contributed by atoms with Crippen LogP contribution in [0.3, 0.4) is 0 Å². The Morgan fingerprint density at radius 1 is 0.468 bits per heavy atom. The molecular weight excluding hydrogens is 571 g/mol. The molecule has 0 radical (unpaired) electrons. The summed E-state index contributed by atoms with van der Waals surface area (Å²) in [5.74, 6) is 0. The van der Waals surface area contributed by atoms with Crippen LogP contribution in [-0.2, 0) is 5.41 Å². The van der Waals surface area contributed by atoms with Gasteiger partial charge < -0.3 is 9.32 Å². The number of fused-ring (bicyclic) bond motifs is 7. The Balaban J connectivity index is 1.25. The molecule has 7 aromatic carbocycles. The standard InChI is InChI=1S/C45H35NO/c1-28-20-29(2)22-33(21-28)32-12-9-13-34(24-32)46(35-17-16-30-10-5-6-11-31(30)23-35)36-18-19-43-39(25-36)40-26-38-37-14-7-8-15-41(37)45(3,4)42(38)27-44(40)47-43/h5-27H,1-4H3. The minimum atomic E-state index is -0.0714. The van der Waals surface area contributed by atoms with Crippen molar-refractivity contribution in [2.24, 2.45) is 0 Å². The van der Waals surface area contributed by atoms with Gasteiger partial charge in [0, 0.05) is 33.2 Å². The van der Waals surface area contributed by atoms with Crippen molar-refractivity contribution in [1.82, 2.24) is 0 Å². The second-order valence-electron chi connectivity index (χ2n) is 13.6. The minimum absolute atomic E-state index is 0.0714. The zero-order valence-electron chi connectivity index (χ0n) is 27.1. The lowest BCUT2D eigenvalue weighted by Gasteiger charge is -2.26. The minimum Gasteiger partial charge on any atom is -0.456 e. The number of benzene rings is 7. The fourth-order valence-electron chi connectivity index (χ4n) is 7.83. The lowest BCUT2D eigenvalue weighted by Crippen LogP contribution is -2.14. The van der Waals surface area contributed by atoms with E-state index in [-0.39, 0.29) is 5.41 Å². The zero-order valence-corrected chi connectivity index (χ0v) is 27.1. The Morgan fingerprint density at radius 3 is 2.02 bits per heavy atom. The summed E-state index contributed by atoms with van der Waals surface area (Å²) >= 11 is 0. The molecule has 0 N–H and O–H groups in total. The van der Waals surface area contributed by atoms with Crippen molar-refractivity contribution >= 4 is 49.8 Å². The van der Waals surface area contributed by atoms with E-state index in [4.69, 9.17) is 4.42 Å². The number of anilines is 3. The second-order valence-corrected chi connectivity index (χ2v) is 13.6. The number of hydrogen-bond acceptors (Lipinski definition) is 2. The van der Waals surface area contributed by atoms with Crippen LogP contribution in [-0.4, -0.2) is 0 Å². The first-order chi connectivity index (χ1) is 22.8. The Morgan fingerprint density at radius 2 is 1.17 bits per heavy atom. The van der Waals surface area contributed by atoms with Crippen molar-refractivity contribution in [3.8, 4) is 22.3 Å². The number of furan rings is 1. The van der Waals surface area contributed by atoms with Crippen LogP contribution in [0.4, 0.5) is 17.1 Å². The molecule has 0 bridgehead atoms. The van der Waals surface area contributed by atoms with Gasteiger partial charge in [0.05, 0.1) is 0 Å². The molecule has 2 heteroatoms. The van der Waals surface area contributed by atoms with Gasteiger partial charge in [-0.25, -0.2) is 0 Å². The van der Waals surface area contributed by atoms with E-state index in [2.05, 4.69) is 172 Å². The van der Waals surface area contributed by atoms with Gasteiger partial charge in [0.15, 0.2) is 0 Å². The highest BCUT2D eigenvalue weighted by Crippen LogP contribution is 2.51. The van der Waals surface area contributed by atoms with Gasteiger partial charge in [-0.3, -0.25) is 0 Å². The van der Waals surface area contributed by atoms with Gasteiger partial charge in [-0.15, -0.1) is 0 Å². The Kier molecular flexibility index (Phi) is 6.01. The summed E-state index contributed by atoms with van der Waals surface area (Å²) in [4.78, 5) is 2.38. The van der Waals surface area contributed by atoms with Crippen LogP contribution in [0.15, 0.2) is 144 Å². The molecule has 0 saturated carbocycles. The first kappa shape index (κ1) is 27.7. The van der Waals surface area contributed by atoms with Crippen molar-refractivity contribution in [1.29, 1.82) is 0 Å². The van der Waals surface area contributed by atoms with Gasteiger partial charge in [-0.2, -0.15) is 0 Å². The maximum atomic E-state index is 6.55. The van der Waals surface area contributed by atoms with Crippen LogP contribution < -0.4 is 4.90 Å². The van der Waals surface area contributed by atoms with Crippen LogP contribution in [0.25, 0.3) is 55.0 Å². The summed E-state index contributed by atoms with van der Waals surface area (Å²) in [5, 5.41) is 4.72. The molecule has 9 rings (SSSR count). The zero-order chi connectivity index (χ0) is 31.9. The fourth-order valence-corrected chi connectivity index (χ4v) is 7.83. The smallest absolute Gasteiger partial charge is 0.135 e. The average molecular weight is 606 g/mol. The van der Waals surface area contributed by atoms with Crippen LogP contribution in [0.2, 0.25) is 0 Å². The predicted octanol–water partition coefficient (Wildman–Crippen LogP) is 12.8.